The van der Waals surface area contributed by atoms with Gasteiger partial charge in [-0.2, -0.15) is 0 Å². The summed E-state index contributed by atoms with van der Waals surface area (Å²) < 4.78 is 4.89. The monoisotopic (exact) mass is 165 g/mol. The summed E-state index contributed by atoms with van der Waals surface area (Å²) in [6, 6.07) is 3.50. The van der Waals surface area contributed by atoms with Gasteiger partial charge in [-0.05, 0) is 12.1 Å². The molecule has 0 N–H and O–H groups in total. The van der Waals surface area contributed by atoms with E-state index in [9.17, 15) is 4.79 Å². The van der Waals surface area contributed by atoms with E-state index in [1.54, 1.807) is 25.4 Å². The fraction of sp³-hybridized carbons (Fsp3) is 0.333. The van der Waals surface area contributed by atoms with Crippen molar-refractivity contribution in [3.8, 4) is 0 Å². The summed E-state index contributed by atoms with van der Waals surface area (Å²) in [6.07, 6.45) is 3.18. The van der Waals surface area contributed by atoms with Gasteiger partial charge in [-0.3, -0.25) is 9.78 Å². The number of carbonyl (C=O) groups is 1. The average molecular weight is 165 g/mol. The van der Waals surface area contributed by atoms with Gasteiger partial charge in [0, 0.05) is 25.3 Å². The van der Waals surface area contributed by atoms with Gasteiger partial charge < -0.3 is 4.74 Å². The fourth-order valence-corrected chi connectivity index (χ4v) is 0.965. The third kappa shape index (κ3) is 2.13. The van der Waals surface area contributed by atoms with Crippen LogP contribution < -0.4 is 0 Å². The van der Waals surface area contributed by atoms with Gasteiger partial charge in [0.05, 0.1) is 12.3 Å². The van der Waals surface area contributed by atoms with Gasteiger partial charge >= 0.3 is 0 Å². The first-order chi connectivity index (χ1) is 5.88. The predicted octanol–water partition coefficient (Wildman–Crippen LogP) is 1.08. The van der Waals surface area contributed by atoms with Crippen LogP contribution in [0.5, 0.6) is 0 Å². The van der Waals surface area contributed by atoms with E-state index in [-0.39, 0.29) is 0 Å². The summed E-state index contributed by atoms with van der Waals surface area (Å²) in [5.41, 5.74) is 1.45. The van der Waals surface area contributed by atoms with Crippen LogP contribution in [0.25, 0.3) is 0 Å². The molecule has 0 unspecified atom stereocenters. The lowest BCUT2D eigenvalue weighted by Gasteiger charge is -2.01. The summed E-state index contributed by atoms with van der Waals surface area (Å²) in [7, 11) is 1.63. The fourth-order valence-electron chi connectivity index (χ4n) is 0.965. The van der Waals surface area contributed by atoms with E-state index >= 15 is 0 Å². The molecule has 1 aromatic rings. The molecule has 12 heavy (non-hydrogen) atoms. The Hall–Kier alpha value is -1.22. The van der Waals surface area contributed by atoms with E-state index in [1.807, 2.05) is 0 Å². The quantitative estimate of drug-likeness (QED) is 0.627. The molecule has 1 heterocycles. The Labute approximate surface area is 71.4 Å². The topological polar surface area (TPSA) is 39.2 Å². The highest BCUT2D eigenvalue weighted by Gasteiger charge is 2.00. The van der Waals surface area contributed by atoms with Crippen molar-refractivity contribution in [2.45, 2.75) is 6.42 Å². The smallest absolute Gasteiger partial charge is 0.151 e. The third-order valence-corrected chi connectivity index (χ3v) is 1.60. The Bertz CT molecular complexity index is 260. The second-order valence-electron chi connectivity index (χ2n) is 2.40. The number of hydrogen-bond donors (Lipinski definition) is 0. The number of rotatable bonds is 4. The SMILES string of the molecule is COCCc1ncccc1C=O. The van der Waals surface area contributed by atoms with Crippen molar-refractivity contribution in [3.05, 3.63) is 29.6 Å². The van der Waals surface area contributed by atoms with Crippen LogP contribution in [0.2, 0.25) is 0 Å². The molecule has 0 aliphatic heterocycles. The van der Waals surface area contributed by atoms with E-state index in [2.05, 4.69) is 4.98 Å². The Balaban J connectivity index is 2.75. The van der Waals surface area contributed by atoms with Crippen LogP contribution in [0.1, 0.15) is 16.1 Å². The maximum absolute atomic E-state index is 10.5. The second-order valence-corrected chi connectivity index (χ2v) is 2.40. The molecular formula is C9H11NO2. The molecule has 0 saturated carbocycles. The molecule has 0 aliphatic rings. The minimum absolute atomic E-state index is 0.595. The Kier molecular flexibility index (Phi) is 3.41. The molecular weight excluding hydrogens is 154 g/mol. The molecule has 0 radical (unpaired) electrons. The highest BCUT2D eigenvalue weighted by Crippen LogP contribution is 2.02. The van der Waals surface area contributed by atoms with Gasteiger partial charge in [-0.1, -0.05) is 0 Å². The van der Waals surface area contributed by atoms with Crippen LogP contribution in [0.4, 0.5) is 0 Å². The van der Waals surface area contributed by atoms with E-state index < -0.39 is 0 Å². The molecule has 1 rings (SSSR count). The first kappa shape index (κ1) is 8.87. The number of pyridine rings is 1. The highest BCUT2D eigenvalue weighted by molar-refractivity contribution is 5.76. The average Bonchev–Trinajstić information content (AvgIpc) is 2.15. The van der Waals surface area contributed by atoms with Crippen molar-refractivity contribution in [2.75, 3.05) is 13.7 Å². The molecule has 0 atom stereocenters. The molecule has 64 valence electrons. The molecule has 0 spiro atoms. The van der Waals surface area contributed by atoms with E-state index in [4.69, 9.17) is 4.74 Å². The van der Waals surface area contributed by atoms with Crippen molar-refractivity contribution >= 4 is 6.29 Å². The summed E-state index contributed by atoms with van der Waals surface area (Å²) in [4.78, 5) is 14.6. The lowest BCUT2D eigenvalue weighted by molar-refractivity contribution is 0.112. The van der Waals surface area contributed by atoms with Gasteiger partial charge in [-0.25, -0.2) is 0 Å². The van der Waals surface area contributed by atoms with Crippen LogP contribution >= 0.6 is 0 Å². The molecule has 0 aliphatic carbocycles. The molecule has 0 bridgehead atoms. The molecule has 3 heteroatoms. The molecule has 0 aromatic carbocycles. The van der Waals surface area contributed by atoms with Crippen molar-refractivity contribution < 1.29 is 9.53 Å². The Morgan fingerprint density at radius 3 is 3.17 bits per heavy atom. The van der Waals surface area contributed by atoms with Gasteiger partial charge in [0.2, 0.25) is 0 Å². The second kappa shape index (κ2) is 4.62. The first-order valence-corrected chi connectivity index (χ1v) is 3.76. The molecule has 0 fully saturated rings. The van der Waals surface area contributed by atoms with Crippen LogP contribution in [-0.2, 0) is 11.2 Å². The Morgan fingerprint density at radius 2 is 2.50 bits per heavy atom. The maximum Gasteiger partial charge on any atom is 0.151 e. The number of hydrogen-bond acceptors (Lipinski definition) is 3. The van der Waals surface area contributed by atoms with Gasteiger partial charge in [0.15, 0.2) is 6.29 Å². The van der Waals surface area contributed by atoms with E-state index in [1.165, 1.54) is 0 Å². The largest absolute Gasteiger partial charge is 0.384 e. The van der Waals surface area contributed by atoms with Crippen LogP contribution in [0.3, 0.4) is 0 Å². The van der Waals surface area contributed by atoms with Crippen LogP contribution in [0, 0.1) is 0 Å². The summed E-state index contributed by atoms with van der Waals surface area (Å²) in [6.45, 7) is 0.595. The highest BCUT2D eigenvalue weighted by atomic mass is 16.5. The van der Waals surface area contributed by atoms with Crippen LogP contribution in [-0.4, -0.2) is 25.0 Å². The van der Waals surface area contributed by atoms with Crippen molar-refractivity contribution in [3.63, 3.8) is 0 Å². The molecule has 3 nitrogen and oxygen atoms in total. The molecule has 1 aromatic heterocycles. The third-order valence-electron chi connectivity index (χ3n) is 1.60. The Morgan fingerprint density at radius 1 is 1.67 bits per heavy atom. The summed E-state index contributed by atoms with van der Waals surface area (Å²) in [5.74, 6) is 0. The molecule has 0 amide bonds. The normalized spacial score (nSPS) is 9.75. The number of nitrogens with zero attached hydrogens (tertiary/aromatic N) is 1. The minimum Gasteiger partial charge on any atom is -0.384 e. The number of ether oxygens (including phenoxy) is 1. The zero-order valence-corrected chi connectivity index (χ0v) is 6.99. The van der Waals surface area contributed by atoms with Crippen molar-refractivity contribution in [2.24, 2.45) is 0 Å². The standard InChI is InChI=1S/C9H11NO2/c1-12-6-4-9-8(7-11)3-2-5-10-9/h2-3,5,7H,4,6H2,1H3. The zero-order chi connectivity index (χ0) is 8.81. The minimum atomic E-state index is 0.595. The van der Waals surface area contributed by atoms with Gasteiger partial charge in [0.1, 0.15) is 0 Å². The predicted molar refractivity (Wildman–Crippen MR) is 45.2 cm³/mol. The van der Waals surface area contributed by atoms with E-state index in [0.717, 1.165) is 12.0 Å². The van der Waals surface area contributed by atoms with E-state index in [0.29, 0.717) is 18.6 Å². The lowest BCUT2D eigenvalue weighted by atomic mass is 10.2. The first-order valence-electron chi connectivity index (χ1n) is 3.76. The number of aromatic nitrogens is 1. The zero-order valence-electron chi connectivity index (χ0n) is 6.99. The van der Waals surface area contributed by atoms with Crippen LogP contribution in [0.15, 0.2) is 18.3 Å². The maximum atomic E-state index is 10.5. The number of carbonyl (C=O) groups excluding carboxylic acids is 1. The number of aldehydes is 1. The van der Waals surface area contributed by atoms with Crippen molar-refractivity contribution in [1.82, 2.24) is 4.98 Å². The lowest BCUT2D eigenvalue weighted by Crippen LogP contribution is -2.01. The summed E-state index contributed by atoms with van der Waals surface area (Å²) >= 11 is 0. The van der Waals surface area contributed by atoms with Crippen molar-refractivity contribution in [1.29, 1.82) is 0 Å². The molecule has 0 saturated heterocycles. The van der Waals surface area contributed by atoms with Gasteiger partial charge in [0.25, 0.3) is 0 Å². The number of methoxy groups -OCH3 is 1. The van der Waals surface area contributed by atoms with Gasteiger partial charge in [-0.15, -0.1) is 0 Å². The summed E-state index contributed by atoms with van der Waals surface area (Å²) in [5, 5.41) is 0.